The summed E-state index contributed by atoms with van der Waals surface area (Å²) in [6.07, 6.45) is 5.86. The molecule has 2 aliphatic rings. The van der Waals surface area contributed by atoms with Crippen LogP contribution >= 0.6 is 23.5 Å². The highest BCUT2D eigenvalue weighted by Gasteiger charge is 2.24. The molecule has 0 saturated heterocycles. The first-order valence-electron chi connectivity index (χ1n) is 11.6. The van der Waals surface area contributed by atoms with Gasteiger partial charge in [-0.05, 0) is 62.4 Å². The van der Waals surface area contributed by atoms with E-state index >= 15 is 0 Å². The third-order valence-corrected chi connectivity index (χ3v) is 8.34. The van der Waals surface area contributed by atoms with E-state index in [1.54, 1.807) is 12.2 Å². The zero-order valence-corrected chi connectivity index (χ0v) is 21.3. The third-order valence-electron chi connectivity index (χ3n) is 6.08. The minimum absolute atomic E-state index is 0.396. The van der Waals surface area contributed by atoms with Crippen LogP contribution in [0.25, 0.3) is 12.2 Å². The number of anilines is 2. The normalized spacial score (nSPS) is 16.5. The smallest absolute Gasteiger partial charge is 0.237 e. The average molecular weight is 515 g/mol. The average Bonchev–Trinajstić information content (AvgIpc) is 3.44. The number of hydrogen-bond acceptors (Lipinski definition) is 8. The van der Waals surface area contributed by atoms with Gasteiger partial charge in [-0.25, -0.2) is 0 Å². The van der Waals surface area contributed by atoms with E-state index in [1.165, 1.54) is 35.7 Å². The summed E-state index contributed by atoms with van der Waals surface area (Å²) in [6.45, 7) is 5.38. The monoisotopic (exact) mass is 514 g/mol. The Bertz CT molecular complexity index is 1590. The van der Waals surface area contributed by atoms with Crippen LogP contribution in [0.15, 0.2) is 99.7 Å². The van der Waals surface area contributed by atoms with Gasteiger partial charge in [0.2, 0.25) is 21.7 Å². The maximum atomic E-state index is 12.8. The molecule has 0 fully saturated rings. The Morgan fingerprint density at radius 2 is 0.944 bits per heavy atom. The van der Waals surface area contributed by atoms with Crippen LogP contribution in [0.2, 0.25) is 0 Å². The predicted octanol–water partition coefficient (Wildman–Crippen LogP) is 2.51. The zero-order chi connectivity index (χ0) is 25.4. The summed E-state index contributed by atoms with van der Waals surface area (Å²) in [6, 6.07) is 15.8. The molecule has 3 aromatic carbocycles. The van der Waals surface area contributed by atoms with Gasteiger partial charge in [-0.1, -0.05) is 47.8 Å². The molecule has 8 heteroatoms. The van der Waals surface area contributed by atoms with Gasteiger partial charge in [0.25, 0.3) is 0 Å². The van der Waals surface area contributed by atoms with Gasteiger partial charge in [0.05, 0.1) is 31.9 Å². The molecule has 0 aliphatic carbocycles. The van der Waals surface area contributed by atoms with Crippen molar-refractivity contribution >= 4 is 47.1 Å². The molecule has 0 bridgehead atoms. The molecule has 6 nitrogen and oxygen atoms in total. The van der Waals surface area contributed by atoms with Crippen LogP contribution in [0.1, 0.15) is 13.8 Å². The Hall–Kier alpha value is -3.62. The van der Waals surface area contributed by atoms with Gasteiger partial charge in [0.15, 0.2) is 0 Å². The van der Waals surface area contributed by atoms with Gasteiger partial charge < -0.3 is 9.80 Å². The second-order valence-electron chi connectivity index (χ2n) is 8.12. The number of para-hydroxylation sites is 2. The molecule has 2 aliphatic heterocycles. The quantitative estimate of drug-likeness (QED) is 0.492. The minimum atomic E-state index is -0.959. The third kappa shape index (κ3) is 4.06. The van der Waals surface area contributed by atoms with E-state index in [0.29, 0.717) is 13.1 Å². The van der Waals surface area contributed by atoms with Crippen LogP contribution in [0.3, 0.4) is 0 Å². The van der Waals surface area contributed by atoms with E-state index in [9.17, 15) is 19.2 Å². The summed E-state index contributed by atoms with van der Waals surface area (Å²) in [5.41, 5.74) is -1.76. The first-order valence-corrected chi connectivity index (χ1v) is 13.2. The van der Waals surface area contributed by atoms with Crippen molar-refractivity contribution in [3.8, 4) is 0 Å². The Morgan fingerprint density at radius 1 is 0.583 bits per heavy atom. The lowest BCUT2D eigenvalue weighted by Crippen LogP contribution is -2.64. The molecule has 0 atom stereocenters. The van der Waals surface area contributed by atoms with Gasteiger partial charge in [-0.15, -0.1) is 0 Å². The molecular formula is C28H22N2O4S2. The number of nitrogens with zero attached hydrogens (tertiary/aromatic N) is 2. The Balaban J connectivity index is 1.57. The second kappa shape index (κ2) is 9.79. The highest BCUT2D eigenvalue weighted by atomic mass is 32.2. The molecule has 0 amide bonds. The van der Waals surface area contributed by atoms with Crippen molar-refractivity contribution in [2.24, 2.45) is 0 Å². The van der Waals surface area contributed by atoms with E-state index < -0.39 is 32.2 Å². The zero-order valence-electron chi connectivity index (χ0n) is 19.7. The first-order chi connectivity index (χ1) is 17.4. The van der Waals surface area contributed by atoms with Crippen LogP contribution in [-0.2, 0) is 0 Å². The summed E-state index contributed by atoms with van der Waals surface area (Å²) < 4.78 is 0. The highest BCUT2D eigenvalue weighted by Crippen LogP contribution is 2.46. The number of thioether (sulfide) groups is 2. The Kier molecular flexibility index (Phi) is 6.55. The van der Waals surface area contributed by atoms with Crippen molar-refractivity contribution in [1.82, 2.24) is 0 Å². The standard InChI is InChI=1S/C28H22N2O4S2/c1-3-29-19-9-5-7-11-21(19)35-23(29)15-13-17-25(31)27(33)18(28(34)26(17)32)14-16-24-30(4-2)20-10-6-8-12-22(20)36-24/h5-16H,3-4H2,1-2H3. The maximum Gasteiger partial charge on any atom is 0.237 e. The van der Waals surface area contributed by atoms with Gasteiger partial charge in [-0.3, -0.25) is 19.2 Å². The molecule has 36 heavy (non-hydrogen) atoms. The van der Waals surface area contributed by atoms with E-state index in [2.05, 4.69) is 0 Å². The van der Waals surface area contributed by atoms with Crippen molar-refractivity contribution in [3.63, 3.8) is 0 Å². The lowest BCUT2D eigenvalue weighted by atomic mass is 10.2. The second-order valence-corrected chi connectivity index (χ2v) is 10.2. The van der Waals surface area contributed by atoms with Crippen molar-refractivity contribution in [3.05, 3.63) is 122 Å². The summed E-state index contributed by atoms with van der Waals surface area (Å²) in [5, 5.41) is 0.839. The van der Waals surface area contributed by atoms with Gasteiger partial charge >= 0.3 is 0 Å². The number of hydrogen-bond donors (Lipinski definition) is 0. The lowest BCUT2D eigenvalue weighted by Gasteiger charge is -2.17. The topological polar surface area (TPSA) is 74.8 Å². The maximum absolute atomic E-state index is 12.8. The Morgan fingerprint density at radius 3 is 1.31 bits per heavy atom. The van der Waals surface area contributed by atoms with Crippen molar-refractivity contribution in [2.75, 3.05) is 22.9 Å². The van der Waals surface area contributed by atoms with Crippen LogP contribution in [0.4, 0.5) is 11.4 Å². The van der Waals surface area contributed by atoms with Crippen molar-refractivity contribution in [1.29, 1.82) is 0 Å². The lowest BCUT2D eigenvalue weighted by molar-refractivity contribution is 1.00. The largest absolute Gasteiger partial charge is 0.335 e. The number of allylic oxidation sites excluding steroid dienone is 2. The van der Waals surface area contributed by atoms with Crippen LogP contribution in [0.5, 0.6) is 0 Å². The molecule has 0 saturated carbocycles. The van der Waals surface area contributed by atoms with E-state index in [4.69, 9.17) is 0 Å². The number of fused-ring (bicyclic) bond motifs is 2. The molecule has 2 heterocycles. The van der Waals surface area contributed by atoms with Gasteiger partial charge in [-0.2, -0.15) is 0 Å². The fraction of sp³-hybridized carbons (Fsp3) is 0.143. The van der Waals surface area contributed by atoms with E-state index in [0.717, 1.165) is 31.2 Å². The number of benzene rings is 3. The molecule has 3 aromatic rings. The van der Waals surface area contributed by atoms with Crippen molar-refractivity contribution < 1.29 is 0 Å². The van der Waals surface area contributed by atoms with Gasteiger partial charge in [0.1, 0.15) is 0 Å². The van der Waals surface area contributed by atoms with Crippen LogP contribution in [0, 0.1) is 0 Å². The molecular weight excluding hydrogens is 492 g/mol. The SMILES string of the molecule is CCN1C(=CC=c2c(=O)c(=O)c(=CC=C3Sc4ccccc4N3CC)c(=O)c2=O)Sc2ccccc21. The van der Waals surface area contributed by atoms with Crippen molar-refractivity contribution in [2.45, 2.75) is 23.6 Å². The summed E-state index contributed by atoms with van der Waals surface area (Å²) >= 11 is 3.01. The fourth-order valence-corrected chi connectivity index (χ4v) is 6.57. The van der Waals surface area contributed by atoms with E-state index in [1.807, 2.05) is 72.2 Å². The molecule has 0 spiro atoms. The molecule has 0 unspecified atom stereocenters. The molecule has 0 aromatic heterocycles. The fourth-order valence-electron chi connectivity index (χ4n) is 4.31. The van der Waals surface area contributed by atoms with E-state index in [-0.39, 0.29) is 0 Å². The summed E-state index contributed by atoms with van der Waals surface area (Å²) in [4.78, 5) is 57.6. The molecule has 180 valence electrons. The number of rotatable bonds is 4. The summed E-state index contributed by atoms with van der Waals surface area (Å²) in [7, 11) is 0. The highest BCUT2D eigenvalue weighted by molar-refractivity contribution is 8.04. The summed E-state index contributed by atoms with van der Waals surface area (Å²) in [5.74, 6) is 0. The predicted molar refractivity (Wildman–Crippen MR) is 149 cm³/mol. The molecule has 0 radical (unpaired) electrons. The first kappa shape index (κ1) is 24.1. The molecule has 0 N–H and O–H groups in total. The van der Waals surface area contributed by atoms with Crippen LogP contribution in [-0.4, -0.2) is 13.1 Å². The Labute approximate surface area is 215 Å². The molecule has 5 rings (SSSR count). The minimum Gasteiger partial charge on any atom is -0.335 e. The van der Waals surface area contributed by atoms with Crippen LogP contribution < -0.4 is 42.0 Å². The van der Waals surface area contributed by atoms with Gasteiger partial charge in [0, 0.05) is 22.9 Å².